The Hall–Kier alpha value is -1.39. The molecule has 1 aromatic carbocycles. The van der Waals surface area contributed by atoms with Crippen LogP contribution in [0.25, 0.3) is 0 Å². The summed E-state index contributed by atoms with van der Waals surface area (Å²) in [7, 11) is 1.88. The third-order valence-corrected chi connectivity index (χ3v) is 4.89. The molecule has 22 heavy (non-hydrogen) atoms. The molecule has 0 bridgehead atoms. The lowest BCUT2D eigenvalue weighted by Crippen LogP contribution is -2.57. The molecule has 1 amide bonds. The molecule has 122 valence electrons. The standard InChI is InChI=1S/C18H29N3O/c1-14(21-11-10-16(19)18(2,3)13-21)17(22)20(4)12-15-8-6-5-7-9-15/h5-9,14,16H,10-13,19H2,1-4H3. The minimum Gasteiger partial charge on any atom is -0.340 e. The van der Waals surface area contributed by atoms with E-state index >= 15 is 0 Å². The molecular formula is C18H29N3O. The lowest BCUT2D eigenvalue weighted by atomic mass is 9.79. The number of carbonyl (C=O) groups is 1. The highest BCUT2D eigenvalue weighted by atomic mass is 16.2. The van der Waals surface area contributed by atoms with Gasteiger partial charge in [0.15, 0.2) is 0 Å². The molecule has 1 aromatic rings. The Bertz CT molecular complexity index is 500. The molecule has 2 atom stereocenters. The van der Waals surface area contributed by atoms with Gasteiger partial charge in [-0.25, -0.2) is 0 Å². The van der Waals surface area contributed by atoms with Gasteiger partial charge in [-0.3, -0.25) is 9.69 Å². The zero-order chi connectivity index (χ0) is 16.3. The van der Waals surface area contributed by atoms with E-state index in [1.165, 1.54) is 0 Å². The predicted molar refractivity (Wildman–Crippen MR) is 90.3 cm³/mol. The summed E-state index contributed by atoms with van der Waals surface area (Å²) >= 11 is 0. The van der Waals surface area contributed by atoms with Gasteiger partial charge in [-0.05, 0) is 24.3 Å². The van der Waals surface area contributed by atoms with Gasteiger partial charge in [-0.2, -0.15) is 0 Å². The van der Waals surface area contributed by atoms with Crippen LogP contribution < -0.4 is 5.73 Å². The number of hydrogen-bond donors (Lipinski definition) is 1. The van der Waals surface area contributed by atoms with Crippen LogP contribution in [0.5, 0.6) is 0 Å². The fraction of sp³-hybridized carbons (Fsp3) is 0.611. The second-order valence-electron chi connectivity index (χ2n) is 7.21. The minimum absolute atomic E-state index is 0.0603. The molecule has 2 N–H and O–H groups in total. The molecule has 4 heteroatoms. The van der Waals surface area contributed by atoms with Crippen LogP contribution in [0.4, 0.5) is 0 Å². The van der Waals surface area contributed by atoms with Crippen molar-refractivity contribution in [1.29, 1.82) is 0 Å². The van der Waals surface area contributed by atoms with E-state index < -0.39 is 0 Å². The molecule has 1 heterocycles. The van der Waals surface area contributed by atoms with Gasteiger partial charge in [-0.1, -0.05) is 44.2 Å². The van der Waals surface area contributed by atoms with Gasteiger partial charge < -0.3 is 10.6 Å². The maximum absolute atomic E-state index is 12.7. The van der Waals surface area contributed by atoms with Crippen molar-refractivity contribution in [2.45, 2.75) is 45.8 Å². The Morgan fingerprint density at radius 2 is 2.05 bits per heavy atom. The Labute approximate surface area is 134 Å². The maximum atomic E-state index is 12.7. The SMILES string of the molecule is CC(C(=O)N(C)Cc1ccccc1)N1CCC(N)C(C)(C)C1. The van der Waals surface area contributed by atoms with Crippen molar-refractivity contribution >= 4 is 5.91 Å². The van der Waals surface area contributed by atoms with Crippen LogP contribution >= 0.6 is 0 Å². The molecule has 2 unspecified atom stereocenters. The van der Waals surface area contributed by atoms with Gasteiger partial charge in [0.2, 0.25) is 5.91 Å². The lowest BCUT2D eigenvalue weighted by Gasteiger charge is -2.45. The Kier molecular flexibility index (Phi) is 5.24. The molecule has 1 fully saturated rings. The summed E-state index contributed by atoms with van der Waals surface area (Å²) in [6.45, 7) is 8.82. The molecule has 0 aliphatic carbocycles. The first-order valence-corrected chi connectivity index (χ1v) is 8.10. The van der Waals surface area contributed by atoms with Crippen LogP contribution in [0.15, 0.2) is 30.3 Å². The van der Waals surface area contributed by atoms with Gasteiger partial charge in [-0.15, -0.1) is 0 Å². The van der Waals surface area contributed by atoms with Gasteiger partial charge in [0.05, 0.1) is 6.04 Å². The van der Waals surface area contributed by atoms with E-state index in [0.717, 1.165) is 25.1 Å². The number of likely N-dealkylation sites (N-methyl/N-ethyl adjacent to an activating group) is 1. The number of benzene rings is 1. The van der Waals surface area contributed by atoms with Crippen molar-refractivity contribution in [3.05, 3.63) is 35.9 Å². The van der Waals surface area contributed by atoms with Gasteiger partial charge >= 0.3 is 0 Å². The molecule has 0 radical (unpaired) electrons. The van der Waals surface area contributed by atoms with Crippen LogP contribution in [0, 0.1) is 5.41 Å². The minimum atomic E-state index is -0.0968. The average molecular weight is 303 g/mol. The molecule has 4 nitrogen and oxygen atoms in total. The van der Waals surface area contributed by atoms with Crippen LogP contribution in [-0.2, 0) is 11.3 Å². The normalized spacial score (nSPS) is 23.0. The second-order valence-corrected chi connectivity index (χ2v) is 7.21. The van der Waals surface area contributed by atoms with Crippen LogP contribution in [0.1, 0.15) is 32.8 Å². The van der Waals surface area contributed by atoms with E-state index in [9.17, 15) is 4.79 Å². The third kappa shape index (κ3) is 3.87. The number of likely N-dealkylation sites (tertiary alicyclic amines) is 1. The highest BCUT2D eigenvalue weighted by molar-refractivity contribution is 5.81. The summed E-state index contributed by atoms with van der Waals surface area (Å²) in [5, 5.41) is 0. The fourth-order valence-corrected chi connectivity index (χ4v) is 3.16. The number of rotatable bonds is 4. The summed E-state index contributed by atoms with van der Waals surface area (Å²) in [6.07, 6.45) is 0.951. The fourth-order valence-electron chi connectivity index (χ4n) is 3.16. The van der Waals surface area contributed by atoms with Crippen molar-refractivity contribution in [1.82, 2.24) is 9.80 Å². The molecule has 1 saturated heterocycles. The molecule has 0 aromatic heterocycles. The summed E-state index contributed by atoms with van der Waals surface area (Å²) in [5.41, 5.74) is 7.41. The largest absolute Gasteiger partial charge is 0.340 e. The van der Waals surface area contributed by atoms with E-state index in [1.807, 2.05) is 37.1 Å². The van der Waals surface area contributed by atoms with Crippen molar-refractivity contribution in [3.63, 3.8) is 0 Å². The molecular weight excluding hydrogens is 274 g/mol. The van der Waals surface area contributed by atoms with Crippen LogP contribution in [0.3, 0.4) is 0 Å². The number of nitrogens with zero attached hydrogens (tertiary/aromatic N) is 2. The molecule has 1 aliphatic heterocycles. The molecule has 0 saturated carbocycles. The average Bonchev–Trinajstić information content (AvgIpc) is 2.49. The third-order valence-electron chi connectivity index (χ3n) is 4.89. The van der Waals surface area contributed by atoms with E-state index in [2.05, 4.69) is 30.9 Å². The van der Waals surface area contributed by atoms with Gasteiger partial charge in [0, 0.05) is 32.7 Å². The van der Waals surface area contributed by atoms with Gasteiger partial charge in [0.1, 0.15) is 0 Å². The van der Waals surface area contributed by atoms with Crippen LogP contribution in [-0.4, -0.2) is 47.9 Å². The lowest BCUT2D eigenvalue weighted by molar-refractivity contribution is -0.137. The maximum Gasteiger partial charge on any atom is 0.239 e. The second kappa shape index (κ2) is 6.80. The Morgan fingerprint density at radius 3 is 2.64 bits per heavy atom. The molecule has 2 rings (SSSR count). The highest BCUT2D eigenvalue weighted by Gasteiger charge is 2.37. The predicted octanol–water partition coefficient (Wildman–Crippen LogP) is 2.09. The number of carbonyl (C=O) groups excluding carboxylic acids is 1. The number of amides is 1. The van der Waals surface area contributed by atoms with Crippen LogP contribution in [0.2, 0.25) is 0 Å². The van der Waals surface area contributed by atoms with Gasteiger partial charge in [0.25, 0.3) is 0 Å². The van der Waals surface area contributed by atoms with E-state index in [-0.39, 0.29) is 23.4 Å². The van der Waals surface area contributed by atoms with Crippen molar-refractivity contribution in [3.8, 4) is 0 Å². The van der Waals surface area contributed by atoms with Crippen molar-refractivity contribution in [2.24, 2.45) is 11.1 Å². The van der Waals surface area contributed by atoms with Crippen molar-refractivity contribution < 1.29 is 4.79 Å². The monoisotopic (exact) mass is 303 g/mol. The number of piperidine rings is 1. The first-order chi connectivity index (χ1) is 10.3. The van der Waals surface area contributed by atoms with E-state index in [0.29, 0.717) is 6.54 Å². The smallest absolute Gasteiger partial charge is 0.239 e. The zero-order valence-electron chi connectivity index (χ0n) is 14.2. The molecule has 0 spiro atoms. The number of hydrogen-bond acceptors (Lipinski definition) is 3. The summed E-state index contributed by atoms with van der Waals surface area (Å²) in [4.78, 5) is 16.8. The Balaban J connectivity index is 1.97. The summed E-state index contributed by atoms with van der Waals surface area (Å²) in [6, 6.07) is 10.2. The van der Waals surface area contributed by atoms with Crippen molar-refractivity contribution in [2.75, 3.05) is 20.1 Å². The highest BCUT2D eigenvalue weighted by Crippen LogP contribution is 2.29. The van der Waals surface area contributed by atoms with E-state index in [1.54, 1.807) is 0 Å². The Morgan fingerprint density at radius 1 is 1.41 bits per heavy atom. The number of nitrogens with two attached hydrogens (primary N) is 1. The van der Waals surface area contributed by atoms with E-state index in [4.69, 9.17) is 5.73 Å². The quantitative estimate of drug-likeness (QED) is 0.926. The molecule has 1 aliphatic rings. The topological polar surface area (TPSA) is 49.6 Å². The zero-order valence-corrected chi connectivity index (χ0v) is 14.2. The summed E-state index contributed by atoms with van der Waals surface area (Å²) < 4.78 is 0. The first kappa shape index (κ1) is 17.0. The first-order valence-electron chi connectivity index (χ1n) is 8.10. The summed E-state index contributed by atoms with van der Waals surface area (Å²) in [5.74, 6) is 0.176.